The lowest BCUT2D eigenvalue weighted by atomic mass is 10.3. The van der Waals surface area contributed by atoms with Crippen molar-refractivity contribution in [3.8, 4) is 0 Å². The smallest absolute Gasteiger partial charge is 0.338 e. The zero-order valence-electron chi connectivity index (χ0n) is 9.35. The quantitative estimate of drug-likeness (QED) is 0.619. The van der Waals surface area contributed by atoms with Crippen LogP contribution >= 0.6 is 0 Å². The van der Waals surface area contributed by atoms with Gasteiger partial charge in [-0.25, -0.2) is 4.79 Å². The first-order chi connectivity index (χ1) is 7.76. The van der Waals surface area contributed by atoms with Gasteiger partial charge in [-0.15, -0.1) is 0 Å². The zero-order chi connectivity index (χ0) is 13.5. The maximum Gasteiger partial charge on any atom is 0.413 e. The topological polar surface area (TPSA) is 79.5 Å². The van der Waals surface area contributed by atoms with Crippen LogP contribution in [0.4, 0.5) is 18.0 Å². The Bertz CT molecular complexity index is 270. The second kappa shape index (κ2) is 7.07. The van der Waals surface area contributed by atoms with Gasteiger partial charge in [-0.2, -0.15) is 18.7 Å². The van der Waals surface area contributed by atoms with E-state index in [9.17, 15) is 22.8 Å². The Morgan fingerprint density at radius 3 is 2.41 bits per heavy atom. The average Bonchev–Trinajstić information content (AvgIpc) is 2.15. The van der Waals surface area contributed by atoms with E-state index in [1.165, 1.54) is 6.92 Å². The fourth-order valence-electron chi connectivity index (χ4n) is 0.727. The molecule has 0 spiro atoms. The Morgan fingerprint density at radius 2 is 1.94 bits per heavy atom. The molecule has 1 atom stereocenters. The van der Waals surface area contributed by atoms with Gasteiger partial charge in [0.1, 0.15) is 6.04 Å². The van der Waals surface area contributed by atoms with Gasteiger partial charge in [0.2, 0.25) is 5.91 Å². The molecule has 100 valence electrons. The largest absolute Gasteiger partial charge is 0.413 e. The number of alkyl halides is 3. The molecule has 3 N–H and O–H groups in total. The predicted octanol–water partition coefficient (Wildman–Crippen LogP) is 0.304. The lowest BCUT2D eigenvalue weighted by Crippen LogP contribution is -2.48. The maximum atomic E-state index is 11.7. The van der Waals surface area contributed by atoms with E-state index < -0.39 is 30.8 Å². The second-order valence-electron chi connectivity index (χ2n) is 3.09. The van der Waals surface area contributed by atoms with Crippen LogP contribution in [0.2, 0.25) is 0 Å². The highest BCUT2D eigenvalue weighted by atomic mass is 19.4. The minimum absolute atomic E-state index is 0.325. The molecule has 0 aromatic carbocycles. The molecule has 0 fully saturated rings. The van der Waals surface area contributed by atoms with E-state index in [0.29, 0.717) is 6.54 Å². The Morgan fingerprint density at radius 1 is 1.35 bits per heavy atom. The van der Waals surface area contributed by atoms with Gasteiger partial charge >= 0.3 is 12.2 Å². The summed E-state index contributed by atoms with van der Waals surface area (Å²) in [4.78, 5) is 26.1. The molecule has 0 saturated heterocycles. The van der Waals surface area contributed by atoms with E-state index >= 15 is 0 Å². The van der Waals surface area contributed by atoms with Crippen LogP contribution in [0.5, 0.6) is 0 Å². The average molecular weight is 257 g/mol. The first-order valence-corrected chi connectivity index (χ1v) is 4.79. The summed E-state index contributed by atoms with van der Waals surface area (Å²) < 4.78 is 35.1. The van der Waals surface area contributed by atoms with E-state index in [0.717, 1.165) is 0 Å². The molecule has 0 aliphatic carbocycles. The SMILES string of the molecule is CCNC(=O)NC(=O)C(C)NOCC(F)(F)F. The van der Waals surface area contributed by atoms with Crippen LogP contribution in [0.15, 0.2) is 0 Å². The van der Waals surface area contributed by atoms with Gasteiger partial charge in [0.05, 0.1) is 0 Å². The van der Waals surface area contributed by atoms with Crippen molar-refractivity contribution in [2.24, 2.45) is 0 Å². The van der Waals surface area contributed by atoms with E-state index in [1.54, 1.807) is 6.92 Å². The number of urea groups is 1. The summed E-state index contributed by atoms with van der Waals surface area (Å²) >= 11 is 0. The van der Waals surface area contributed by atoms with Crippen LogP contribution in [0, 0.1) is 0 Å². The standard InChI is InChI=1S/C8H14F3N3O3/c1-3-12-7(16)13-6(15)5(2)14-17-4-8(9,10)11/h5,14H,3-4H2,1-2H3,(H2,12,13,15,16). The van der Waals surface area contributed by atoms with Crippen molar-refractivity contribution >= 4 is 11.9 Å². The molecule has 0 aliphatic rings. The zero-order valence-corrected chi connectivity index (χ0v) is 9.35. The highest BCUT2D eigenvalue weighted by molar-refractivity contribution is 5.96. The van der Waals surface area contributed by atoms with E-state index in [-0.39, 0.29) is 0 Å². The van der Waals surface area contributed by atoms with E-state index in [2.05, 4.69) is 10.2 Å². The number of carbonyl (C=O) groups is 2. The molecule has 6 nitrogen and oxygen atoms in total. The second-order valence-corrected chi connectivity index (χ2v) is 3.09. The molecule has 0 aromatic heterocycles. The number of rotatable bonds is 5. The van der Waals surface area contributed by atoms with Gasteiger partial charge in [0.25, 0.3) is 0 Å². The van der Waals surface area contributed by atoms with Crippen molar-refractivity contribution in [2.45, 2.75) is 26.1 Å². The van der Waals surface area contributed by atoms with E-state index in [1.807, 2.05) is 10.8 Å². The minimum Gasteiger partial charge on any atom is -0.338 e. The molecule has 0 heterocycles. The third-order valence-electron chi connectivity index (χ3n) is 1.46. The van der Waals surface area contributed by atoms with Crippen molar-refractivity contribution in [2.75, 3.05) is 13.2 Å². The molecule has 3 amide bonds. The van der Waals surface area contributed by atoms with Gasteiger partial charge < -0.3 is 5.32 Å². The number of hydrogen-bond donors (Lipinski definition) is 3. The fraction of sp³-hybridized carbons (Fsp3) is 0.750. The van der Waals surface area contributed by atoms with Gasteiger partial charge in [0, 0.05) is 6.54 Å². The summed E-state index contributed by atoms with van der Waals surface area (Å²) in [5.74, 6) is -0.793. The number of hydroxylamine groups is 1. The molecule has 9 heteroatoms. The van der Waals surface area contributed by atoms with Crippen LogP contribution in [0.3, 0.4) is 0 Å². The number of nitrogens with one attached hydrogen (secondary N) is 3. The summed E-state index contributed by atoms with van der Waals surface area (Å²) in [7, 11) is 0. The van der Waals surface area contributed by atoms with Crippen molar-refractivity contribution in [1.29, 1.82) is 0 Å². The maximum absolute atomic E-state index is 11.7. The Labute approximate surface area is 95.8 Å². The number of amides is 3. The molecular formula is C8H14F3N3O3. The van der Waals surface area contributed by atoms with Crippen molar-refractivity contribution < 1.29 is 27.6 Å². The summed E-state index contributed by atoms with van der Waals surface area (Å²) in [6.07, 6.45) is -4.48. The van der Waals surface area contributed by atoms with Gasteiger partial charge in [-0.05, 0) is 13.8 Å². The molecule has 1 unspecified atom stereocenters. The Balaban J connectivity index is 3.86. The first kappa shape index (κ1) is 15.7. The molecule has 17 heavy (non-hydrogen) atoms. The third kappa shape index (κ3) is 8.46. The first-order valence-electron chi connectivity index (χ1n) is 4.79. The molecule has 0 saturated carbocycles. The fourth-order valence-corrected chi connectivity index (χ4v) is 0.727. The van der Waals surface area contributed by atoms with E-state index in [4.69, 9.17) is 0 Å². The van der Waals surface area contributed by atoms with Crippen molar-refractivity contribution in [3.63, 3.8) is 0 Å². The molecule has 0 aliphatic heterocycles. The minimum atomic E-state index is -4.48. The number of carbonyl (C=O) groups excluding carboxylic acids is 2. The number of halogens is 3. The molecule has 0 bridgehead atoms. The van der Waals surface area contributed by atoms with Crippen LogP contribution < -0.4 is 16.1 Å². The van der Waals surface area contributed by atoms with Crippen molar-refractivity contribution in [3.05, 3.63) is 0 Å². The predicted molar refractivity (Wildman–Crippen MR) is 51.8 cm³/mol. The Hall–Kier alpha value is -1.35. The molecule has 0 rings (SSSR count). The molecule has 0 radical (unpaired) electrons. The lowest BCUT2D eigenvalue weighted by Gasteiger charge is -2.14. The van der Waals surface area contributed by atoms with Crippen molar-refractivity contribution in [1.82, 2.24) is 16.1 Å². The number of hydrogen-bond acceptors (Lipinski definition) is 4. The highest BCUT2D eigenvalue weighted by Gasteiger charge is 2.28. The summed E-state index contributed by atoms with van der Waals surface area (Å²) in [5.41, 5.74) is 1.87. The normalized spacial score (nSPS) is 13.0. The third-order valence-corrected chi connectivity index (χ3v) is 1.46. The summed E-state index contributed by atoms with van der Waals surface area (Å²) in [6, 6.07) is -1.80. The van der Waals surface area contributed by atoms with Crippen LogP contribution in [-0.2, 0) is 9.63 Å². The van der Waals surface area contributed by atoms with Gasteiger partial charge in [-0.1, -0.05) is 0 Å². The van der Waals surface area contributed by atoms with Gasteiger partial charge in [0.15, 0.2) is 6.61 Å². The highest BCUT2D eigenvalue weighted by Crippen LogP contribution is 2.13. The van der Waals surface area contributed by atoms with Crippen LogP contribution in [0.1, 0.15) is 13.8 Å². The van der Waals surface area contributed by atoms with Gasteiger partial charge in [-0.3, -0.25) is 14.9 Å². The molecule has 0 aromatic rings. The lowest BCUT2D eigenvalue weighted by molar-refractivity contribution is -0.193. The summed E-state index contributed by atoms with van der Waals surface area (Å²) in [6.45, 7) is 1.71. The summed E-state index contributed by atoms with van der Waals surface area (Å²) in [5, 5.41) is 4.21. The monoisotopic (exact) mass is 257 g/mol. The number of imide groups is 1. The van der Waals surface area contributed by atoms with Crippen LogP contribution in [-0.4, -0.2) is 37.3 Å². The molecular weight excluding hydrogens is 243 g/mol. The van der Waals surface area contributed by atoms with Crippen LogP contribution in [0.25, 0.3) is 0 Å². The Kier molecular flexibility index (Phi) is 6.51.